The van der Waals surface area contributed by atoms with Gasteiger partial charge < -0.3 is 14.5 Å². The third-order valence-electron chi connectivity index (χ3n) is 5.18. The number of nitrogens with zero attached hydrogens (tertiary/aromatic N) is 2. The number of rotatable bonds is 4. The Hall–Kier alpha value is -3.14. The van der Waals surface area contributed by atoms with Gasteiger partial charge in [-0.1, -0.05) is 6.07 Å². The molecule has 2 heterocycles. The highest BCUT2D eigenvalue weighted by molar-refractivity contribution is 7.20. The van der Waals surface area contributed by atoms with E-state index in [0.29, 0.717) is 37.3 Å². The van der Waals surface area contributed by atoms with Gasteiger partial charge in [-0.25, -0.2) is 9.18 Å². The van der Waals surface area contributed by atoms with Crippen LogP contribution >= 0.6 is 11.3 Å². The number of benzene rings is 2. The molecule has 0 unspecified atom stereocenters. The fraction of sp³-hybridized carbons (Fsp3) is 0.273. The maximum Gasteiger partial charge on any atom is 0.416 e. The van der Waals surface area contributed by atoms with Crippen molar-refractivity contribution in [3.63, 3.8) is 0 Å². The monoisotopic (exact) mass is 466 g/mol. The van der Waals surface area contributed by atoms with Crippen molar-refractivity contribution >= 4 is 39.0 Å². The average Bonchev–Trinajstić information content (AvgIpc) is 3.20. The number of anilines is 1. The van der Waals surface area contributed by atoms with Gasteiger partial charge in [-0.2, -0.15) is 13.2 Å². The Morgan fingerprint density at radius 1 is 1.00 bits per heavy atom. The standard InChI is InChI=1S/C22H18F4N2O3S/c23-16-4-5-18-14(10-16)11-19(32-18)21(30)31-13-20(29)28-8-6-27(7-9-28)17-3-1-2-15(12-17)22(24,25)26/h1-5,10-12H,6-9,13H2. The van der Waals surface area contributed by atoms with Crippen LogP contribution in [0.25, 0.3) is 10.1 Å². The molecule has 1 aliphatic heterocycles. The molecule has 32 heavy (non-hydrogen) atoms. The van der Waals surface area contributed by atoms with Gasteiger partial charge in [-0.15, -0.1) is 11.3 Å². The predicted molar refractivity (Wildman–Crippen MR) is 112 cm³/mol. The van der Waals surface area contributed by atoms with Crippen molar-refractivity contribution in [3.8, 4) is 0 Å². The molecule has 2 aromatic carbocycles. The summed E-state index contributed by atoms with van der Waals surface area (Å²) in [7, 11) is 0. The van der Waals surface area contributed by atoms with Gasteiger partial charge in [0.05, 0.1) is 5.56 Å². The second kappa shape index (κ2) is 8.78. The maximum atomic E-state index is 13.3. The number of esters is 1. The van der Waals surface area contributed by atoms with E-state index in [0.717, 1.165) is 28.2 Å². The Morgan fingerprint density at radius 2 is 1.75 bits per heavy atom. The summed E-state index contributed by atoms with van der Waals surface area (Å²) in [5.41, 5.74) is -0.274. The minimum atomic E-state index is -4.42. The Balaban J connectivity index is 1.30. The Bertz CT molecular complexity index is 1150. The van der Waals surface area contributed by atoms with Crippen molar-refractivity contribution in [3.05, 3.63) is 64.8 Å². The molecule has 1 amide bonds. The van der Waals surface area contributed by atoms with E-state index in [2.05, 4.69) is 0 Å². The van der Waals surface area contributed by atoms with Crippen LogP contribution in [0.4, 0.5) is 23.2 Å². The van der Waals surface area contributed by atoms with E-state index in [9.17, 15) is 27.2 Å². The van der Waals surface area contributed by atoms with Gasteiger partial charge >= 0.3 is 12.1 Å². The lowest BCUT2D eigenvalue weighted by atomic mass is 10.1. The summed E-state index contributed by atoms with van der Waals surface area (Å²) in [5, 5.41) is 0.582. The van der Waals surface area contributed by atoms with Crippen LogP contribution in [0.3, 0.4) is 0 Å². The molecule has 0 N–H and O–H groups in total. The van der Waals surface area contributed by atoms with Gasteiger partial charge in [0.25, 0.3) is 5.91 Å². The summed E-state index contributed by atoms with van der Waals surface area (Å²) in [4.78, 5) is 28.2. The van der Waals surface area contributed by atoms with Crippen LogP contribution in [0.5, 0.6) is 0 Å². The fourth-order valence-electron chi connectivity index (χ4n) is 3.50. The maximum absolute atomic E-state index is 13.3. The molecule has 0 radical (unpaired) electrons. The Labute approximate surface area is 184 Å². The van der Waals surface area contributed by atoms with Crippen LogP contribution in [0.2, 0.25) is 0 Å². The van der Waals surface area contributed by atoms with Crippen molar-refractivity contribution in [2.45, 2.75) is 6.18 Å². The summed E-state index contributed by atoms with van der Waals surface area (Å²) in [6.07, 6.45) is -4.42. The largest absolute Gasteiger partial charge is 0.451 e. The normalized spacial score (nSPS) is 14.6. The number of carbonyl (C=O) groups excluding carboxylic acids is 2. The van der Waals surface area contributed by atoms with Gasteiger partial charge in [0.15, 0.2) is 6.61 Å². The second-order valence-electron chi connectivity index (χ2n) is 7.28. The van der Waals surface area contributed by atoms with Crippen LogP contribution in [-0.2, 0) is 15.7 Å². The molecule has 0 spiro atoms. The second-order valence-corrected chi connectivity index (χ2v) is 8.37. The van der Waals surface area contributed by atoms with Crippen molar-refractivity contribution < 1.29 is 31.9 Å². The van der Waals surface area contributed by atoms with Crippen LogP contribution in [-0.4, -0.2) is 49.6 Å². The molecule has 4 rings (SSSR count). The Kier molecular flexibility index (Phi) is 6.05. The lowest BCUT2D eigenvalue weighted by molar-refractivity contribution is -0.137. The first-order chi connectivity index (χ1) is 15.2. The van der Waals surface area contributed by atoms with Gasteiger partial charge in [0.2, 0.25) is 0 Å². The molecule has 1 fully saturated rings. The molecule has 3 aromatic rings. The molecule has 168 valence electrons. The number of piperazine rings is 1. The first-order valence-electron chi connectivity index (χ1n) is 9.77. The summed E-state index contributed by atoms with van der Waals surface area (Å²) in [6.45, 7) is 0.889. The summed E-state index contributed by atoms with van der Waals surface area (Å²) in [5.74, 6) is -1.45. The molecule has 0 bridgehead atoms. The van der Waals surface area contributed by atoms with Crippen molar-refractivity contribution in [2.75, 3.05) is 37.7 Å². The number of thiophene rings is 1. The molecule has 1 aromatic heterocycles. The highest BCUT2D eigenvalue weighted by Gasteiger charge is 2.31. The lowest BCUT2D eigenvalue weighted by Gasteiger charge is -2.36. The first-order valence-corrected chi connectivity index (χ1v) is 10.6. The summed E-state index contributed by atoms with van der Waals surface area (Å²) >= 11 is 1.15. The number of carbonyl (C=O) groups is 2. The SMILES string of the molecule is O=C(OCC(=O)N1CCN(c2cccc(C(F)(F)F)c2)CC1)c1cc2cc(F)ccc2s1. The fourth-order valence-corrected chi connectivity index (χ4v) is 4.43. The zero-order valence-electron chi connectivity index (χ0n) is 16.7. The van der Waals surface area contributed by atoms with E-state index in [1.54, 1.807) is 17.0 Å². The summed E-state index contributed by atoms with van der Waals surface area (Å²) < 4.78 is 57.9. The van der Waals surface area contributed by atoms with Crippen LogP contribution in [0, 0.1) is 5.82 Å². The quantitative estimate of drug-likeness (QED) is 0.418. The minimum absolute atomic E-state index is 0.271. The van der Waals surface area contributed by atoms with Crippen LogP contribution in [0.1, 0.15) is 15.2 Å². The molecular formula is C22H18F4N2O3S. The summed E-state index contributed by atoms with van der Waals surface area (Å²) in [6, 6.07) is 10.8. The molecule has 1 saturated heterocycles. The Morgan fingerprint density at radius 3 is 2.47 bits per heavy atom. The third kappa shape index (κ3) is 4.85. The highest BCUT2D eigenvalue weighted by atomic mass is 32.1. The topological polar surface area (TPSA) is 49.9 Å². The van der Waals surface area contributed by atoms with E-state index in [-0.39, 0.29) is 10.8 Å². The first kappa shape index (κ1) is 22.1. The number of halogens is 4. The van der Waals surface area contributed by atoms with Gasteiger partial charge in [-0.05, 0) is 47.9 Å². The number of hydrogen-bond donors (Lipinski definition) is 0. The number of fused-ring (bicyclic) bond motifs is 1. The molecular weight excluding hydrogens is 448 g/mol. The van der Waals surface area contributed by atoms with E-state index in [4.69, 9.17) is 4.74 Å². The lowest BCUT2D eigenvalue weighted by Crippen LogP contribution is -2.50. The van der Waals surface area contributed by atoms with E-state index < -0.39 is 30.1 Å². The van der Waals surface area contributed by atoms with Crippen LogP contribution in [0.15, 0.2) is 48.5 Å². The zero-order valence-corrected chi connectivity index (χ0v) is 17.5. The number of hydrogen-bond acceptors (Lipinski definition) is 5. The van der Waals surface area contributed by atoms with E-state index >= 15 is 0 Å². The van der Waals surface area contributed by atoms with Crippen molar-refractivity contribution in [1.82, 2.24) is 4.90 Å². The molecule has 10 heteroatoms. The van der Waals surface area contributed by atoms with Crippen LogP contribution < -0.4 is 4.90 Å². The molecule has 1 aliphatic rings. The molecule has 0 atom stereocenters. The van der Waals surface area contributed by atoms with Gasteiger partial charge in [-0.3, -0.25) is 4.79 Å². The minimum Gasteiger partial charge on any atom is -0.451 e. The zero-order chi connectivity index (χ0) is 22.9. The van der Waals surface area contributed by atoms with E-state index in [1.165, 1.54) is 29.2 Å². The average molecular weight is 466 g/mol. The predicted octanol–water partition coefficient (Wildman–Crippen LogP) is 4.56. The number of amides is 1. The number of ether oxygens (including phenoxy) is 1. The number of alkyl halides is 3. The van der Waals surface area contributed by atoms with Gasteiger partial charge in [0.1, 0.15) is 10.7 Å². The molecule has 0 aliphatic carbocycles. The van der Waals surface area contributed by atoms with Crippen molar-refractivity contribution in [1.29, 1.82) is 0 Å². The molecule has 0 saturated carbocycles. The van der Waals surface area contributed by atoms with E-state index in [1.807, 2.05) is 0 Å². The highest BCUT2D eigenvalue weighted by Crippen LogP contribution is 2.32. The third-order valence-corrected chi connectivity index (χ3v) is 6.27. The van der Waals surface area contributed by atoms with Crippen molar-refractivity contribution in [2.24, 2.45) is 0 Å². The molecule has 5 nitrogen and oxygen atoms in total. The van der Waals surface area contributed by atoms with Gasteiger partial charge in [0, 0.05) is 36.6 Å². The smallest absolute Gasteiger partial charge is 0.416 e.